The average Bonchev–Trinajstić information content (AvgIpc) is 2.95. The van der Waals surface area contributed by atoms with Crippen molar-refractivity contribution in [2.24, 2.45) is 5.92 Å². The Bertz CT molecular complexity index is 571. The Labute approximate surface area is 121 Å². The van der Waals surface area contributed by atoms with Gasteiger partial charge < -0.3 is 5.32 Å². The molecule has 106 valence electrons. The largest absolute Gasteiger partial charge is 0.351 e. The molecule has 7 nitrogen and oxygen atoms in total. The molecule has 2 atom stereocenters. The molecule has 0 bridgehead atoms. The summed E-state index contributed by atoms with van der Waals surface area (Å²) in [7, 11) is 0. The van der Waals surface area contributed by atoms with E-state index < -0.39 is 0 Å². The van der Waals surface area contributed by atoms with E-state index in [1.165, 1.54) is 36.6 Å². The second-order valence-electron chi connectivity index (χ2n) is 5.08. The quantitative estimate of drug-likeness (QED) is 0.933. The number of halogens is 1. The molecule has 0 aromatic carbocycles. The van der Waals surface area contributed by atoms with E-state index in [1.807, 2.05) is 0 Å². The molecule has 2 aromatic heterocycles. The van der Waals surface area contributed by atoms with Gasteiger partial charge in [-0.15, -0.1) is 0 Å². The minimum absolute atomic E-state index is 0.150. The van der Waals surface area contributed by atoms with E-state index in [0.717, 1.165) is 6.42 Å². The van der Waals surface area contributed by atoms with Gasteiger partial charge in [0, 0.05) is 6.04 Å². The second-order valence-corrected chi connectivity index (χ2v) is 5.42. The molecular formula is C12H16ClN7. The average molecular weight is 294 g/mol. The molecule has 8 heteroatoms. The van der Waals surface area contributed by atoms with Gasteiger partial charge in [-0.05, 0) is 30.4 Å². The molecule has 0 saturated heterocycles. The fourth-order valence-electron chi connectivity index (χ4n) is 2.51. The lowest BCUT2D eigenvalue weighted by Gasteiger charge is -2.29. The van der Waals surface area contributed by atoms with Crippen molar-refractivity contribution in [2.75, 3.05) is 5.32 Å². The summed E-state index contributed by atoms with van der Waals surface area (Å²) in [6.45, 7) is 2.25. The van der Waals surface area contributed by atoms with Crippen molar-refractivity contribution in [2.45, 2.75) is 38.6 Å². The first-order chi connectivity index (χ1) is 9.72. The fraction of sp³-hybridized carbons (Fsp3) is 0.583. The molecule has 1 aliphatic rings. The van der Waals surface area contributed by atoms with Crippen molar-refractivity contribution < 1.29 is 0 Å². The molecule has 0 amide bonds. The zero-order valence-electron chi connectivity index (χ0n) is 11.2. The summed E-state index contributed by atoms with van der Waals surface area (Å²) in [6, 6.07) is 0.380. The molecule has 3 rings (SSSR count). The summed E-state index contributed by atoms with van der Waals surface area (Å²) in [5, 5.41) is 7.51. The topological polar surface area (TPSA) is 81.4 Å². The Morgan fingerprint density at radius 1 is 1.25 bits per heavy atom. The van der Waals surface area contributed by atoms with Crippen molar-refractivity contribution in [3.05, 3.63) is 17.9 Å². The predicted octanol–water partition coefficient (Wildman–Crippen LogP) is 2.10. The standard InChI is InChI=1S/C12H16ClN7/c1-8-4-2-3-5-9(8)16-11-17-10(13)18-12(19-11)20-7-14-6-15-20/h6-9H,2-5H2,1H3,(H,16,17,18,19). The maximum absolute atomic E-state index is 5.96. The van der Waals surface area contributed by atoms with E-state index in [4.69, 9.17) is 11.6 Å². The number of nitrogens with zero attached hydrogens (tertiary/aromatic N) is 6. The smallest absolute Gasteiger partial charge is 0.258 e. The van der Waals surface area contributed by atoms with Gasteiger partial charge in [-0.25, -0.2) is 4.98 Å². The van der Waals surface area contributed by atoms with Gasteiger partial charge >= 0.3 is 0 Å². The minimum atomic E-state index is 0.150. The molecule has 0 radical (unpaired) electrons. The molecule has 20 heavy (non-hydrogen) atoms. The highest BCUT2D eigenvalue weighted by Crippen LogP contribution is 2.26. The summed E-state index contributed by atoms with van der Waals surface area (Å²) in [5.41, 5.74) is 0. The lowest BCUT2D eigenvalue weighted by atomic mass is 9.86. The first kappa shape index (κ1) is 13.2. The summed E-state index contributed by atoms with van der Waals surface area (Å²) in [5.74, 6) is 1.47. The zero-order valence-corrected chi connectivity index (χ0v) is 12.0. The fourth-order valence-corrected chi connectivity index (χ4v) is 2.67. The molecule has 0 aliphatic heterocycles. The van der Waals surface area contributed by atoms with Gasteiger partial charge in [0.2, 0.25) is 11.2 Å². The molecule has 1 fully saturated rings. The van der Waals surface area contributed by atoms with Gasteiger partial charge in [0.25, 0.3) is 5.95 Å². The van der Waals surface area contributed by atoms with E-state index >= 15 is 0 Å². The Morgan fingerprint density at radius 3 is 2.85 bits per heavy atom. The van der Waals surface area contributed by atoms with Gasteiger partial charge in [-0.3, -0.25) is 0 Å². The van der Waals surface area contributed by atoms with Crippen molar-refractivity contribution in [3.8, 4) is 5.95 Å². The van der Waals surface area contributed by atoms with Crippen LogP contribution in [0.2, 0.25) is 5.28 Å². The number of hydrogen-bond donors (Lipinski definition) is 1. The first-order valence-electron chi connectivity index (χ1n) is 6.75. The third-order valence-corrected chi connectivity index (χ3v) is 3.81. The summed E-state index contributed by atoms with van der Waals surface area (Å²) < 4.78 is 1.46. The van der Waals surface area contributed by atoms with Crippen molar-refractivity contribution in [1.82, 2.24) is 29.7 Å². The van der Waals surface area contributed by atoms with Crippen LogP contribution in [0.3, 0.4) is 0 Å². The SMILES string of the molecule is CC1CCCCC1Nc1nc(Cl)nc(-n2cncn2)n1. The van der Waals surface area contributed by atoms with Gasteiger partial charge in [-0.1, -0.05) is 19.8 Å². The van der Waals surface area contributed by atoms with Crippen molar-refractivity contribution in [1.29, 1.82) is 0 Å². The van der Waals surface area contributed by atoms with Crippen LogP contribution >= 0.6 is 11.6 Å². The molecular weight excluding hydrogens is 278 g/mol. The van der Waals surface area contributed by atoms with Crippen LogP contribution < -0.4 is 5.32 Å². The van der Waals surface area contributed by atoms with Crippen LogP contribution in [0.15, 0.2) is 12.7 Å². The van der Waals surface area contributed by atoms with Crippen molar-refractivity contribution in [3.63, 3.8) is 0 Å². The van der Waals surface area contributed by atoms with Crippen LogP contribution in [-0.2, 0) is 0 Å². The summed E-state index contributed by atoms with van der Waals surface area (Å²) in [6.07, 6.45) is 7.83. The lowest BCUT2D eigenvalue weighted by molar-refractivity contribution is 0.348. The van der Waals surface area contributed by atoms with Gasteiger partial charge in [0.1, 0.15) is 12.7 Å². The maximum atomic E-state index is 5.96. The maximum Gasteiger partial charge on any atom is 0.258 e. The minimum Gasteiger partial charge on any atom is -0.351 e. The molecule has 0 spiro atoms. The Balaban J connectivity index is 1.82. The van der Waals surface area contributed by atoms with Gasteiger partial charge in [0.05, 0.1) is 0 Å². The number of rotatable bonds is 3. The van der Waals surface area contributed by atoms with Gasteiger partial charge in [-0.2, -0.15) is 24.7 Å². The number of hydrogen-bond acceptors (Lipinski definition) is 6. The third kappa shape index (κ3) is 2.87. The van der Waals surface area contributed by atoms with Gasteiger partial charge in [0.15, 0.2) is 0 Å². The summed E-state index contributed by atoms with van der Waals surface area (Å²) >= 11 is 5.96. The van der Waals surface area contributed by atoms with Crippen LogP contribution in [-0.4, -0.2) is 35.8 Å². The number of aromatic nitrogens is 6. The first-order valence-corrected chi connectivity index (χ1v) is 7.13. The van der Waals surface area contributed by atoms with Crippen LogP contribution in [0.25, 0.3) is 5.95 Å². The predicted molar refractivity (Wildman–Crippen MR) is 74.8 cm³/mol. The Kier molecular flexibility index (Phi) is 3.77. The Morgan fingerprint density at radius 2 is 2.10 bits per heavy atom. The normalized spacial score (nSPS) is 22.7. The summed E-state index contributed by atoms with van der Waals surface area (Å²) in [4.78, 5) is 16.4. The van der Waals surface area contributed by atoms with Crippen molar-refractivity contribution >= 4 is 17.5 Å². The molecule has 2 heterocycles. The molecule has 2 unspecified atom stereocenters. The van der Waals surface area contributed by atoms with E-state index in [2.05, 4.69) is 37.3 Å². The highest BCUT2D eigenvalue weighted by atomic mass is 35.5. The Hall–Kier alpha value is -1.76. The van der Waals surface area contributed by atoms with E-state index in [1.54, 1.807) is 0 Å². The van der Waals surface area contributed by atoms with E-state index in [9.17, 15) is 0 Å². The van der Waals surface area contributed by atoms with E-state index in [-0.39, 0.29) is 5.28 Å². The third-order valence-electron chi connectivity index (χ3n) is 3.65. The second kappa shape index (κ2) is 5.70. The zero-order chi connectivity index (χ0) is 13.9. The number of anilines is 1. The van der Waals surface area contributed by atoms with Crippen LogP contribution in [0, 0.1) is 5.92 Å². The molecule has 1 aliphatic carbocycles. The highest BCUT2D eigenvalue weighted by molar-refractivity contribution is 6.28. The van der Waals surface area contributed by atoms with E-state index in [0.29, 0.717) is 23.9 Å². The lowest BCUT2D eigenvalue weighted by Crippen LogP contribution is -2.31. The molecule has 1 N–H and O–H groups in total. The highest BCUT2D eigenvalue weighted by Gasteiger charge is 2.22. The van der Waals surface area contributed by atoms with Crippen LogP contribution in [0.4, 0.5) is 5.95 Å². The number of nitrogens with one attached hydrogen (secondary N) is 1. The monoisotopic (exact) mass is 293 g/mol. The van der Waals surface area contributed by atoms with Crippen LogP contribution in [0.1, 0.15) is 32.6 Å². The van der Waals surface area contributed by atoms with Crippen LogP contribution in [0.5, 0.6) is 0 Å². The molecule has 1 saturated carbocycles. The molecule has 2 aromatic rings.